The van der Waals surface area contributed by atoms with E-state index in [0.717, 1.165) is 18.8 Å². The van der Waals surface area contributed by atoms with Crippen molar-refractivity contribution in [3.63, 3.8) is 0 Å². The molecule has 3 atom stereocenters. The Kier molecular flexibility index (Phi) is 4.46. The van der Waals surface area contributed by atoms with Crippen molar-refractivity contribution in [2.75, 3.05) is 11.9 Å². The molecule has 1 aromatic carbocycles. The van der Waals surface area contributed by atoms with Crippen molar-refractivity contribution in [1.29, 1.82) is 0 Å². The van der Waals surface area contributed by atoms with Crippen molar-refractivity contribution in [2.24, 2.45) is 5.92 Å². The normalized spacial score (nSPS) is 25.1. The summed E-state index contributed by atoms with van der Waals surface area (Å²) in [6.07, 6.45) is 4.16. The van der Waals surface area contributed by atoms with Crippen molar-refractivity contribution in [1.82, 2.24) is 0 Å². The Morgan fingerprint density at radius 2 is 2.11 bits per heavy atom. The monoisotopic (exact) mass is 265 g/mol. The third kappa shape index (κ3) is 3.27. The molecular weight excluding hydrogens is 241 g/mol. The van der Waals surface area contributed by atoms with E-state index in [9.17, 15) is 9.50 Å². The summed E-state index contributed by atoms with van der Waals surface area (Å²) in [5.41, 5.74) is 1.27. The van der Waals surface area contributed by atoms with Gasteiger partial charge in [0.15, 0.2) is 0 Å². The van der Waals surface area contributed by atoms with Crippen LogP contribution >= 0.6 is 0 Å². The van der Waals surface area contributed by atoms with Crippen LogP contribution < -0.4 is 4.90 Å². The highest BCUT2D eigenvalue weighted by Crippen LogP contribution is 2.31. The molecule has 1 aliphatic rings. The number of hydrogen-bond acceptors (Lipinski definition) is 2. The summed E-state index contributed by atoms with van der Waals surface area (Å²) < 4.78 is 14.2. The van der Waals surface area contributed by atoms with Crippen molar-refractivity contribution < 1.29 is 9.50 Å². The summed E-state index contributed by atoms with van der Waals surface area (Å²) in [7, 11) is 1.98. The Morgan fingerprint density at radius 1 is 1.37 bits per heavy atom. The molecule has 106 valence electrons. The van der Waals surface area contributed by atoms with Crippen LogP contribution in [0.1, 0.15) is 51.2 Å². The Labute approximate surface area is 115 Å². The first-order valence-electron chi connectivity index (χ1n) is 7.19. The van der Waals surface area contributed by atoms with Gasteiger partial charge in [-0.25, -0.2) is 4.39 Å². The largest absolute Gasteiger partial charge is 0.389 e. The molecule has 0 aromatic heterocycles. The number of benzene rings is 1. The van der Waals surface area contributed by atoms with Crippen molar-refractivity contribution in [3.8, 4) is 0 Å². The lowest BCUT2D eigenvalue weighted by atomic mass is 9.86. The zero-order valence-electron chi connectivity index (χ0n) is 12.1. The molecule has 1 N–H and O–H groups in total. The van der Waals surface area contributed by atoms with E-state index < -0.39 is 6.10 Å². The Bertz CT molecular complexity index is 433. The maximum atomic E-state index is 14.2. The van der Waals surface area contributed by atoms with E-state index >= 15 is 0 Å². The SMILES string of the molecule is CC1CCCC(N(C)c2ccc([C@H](C)O)cc2F)C1. The lowest BCUT2D eigenvalue weighted by Gasteiger charge is -2.35. The van der Waals surface area contributed by atoms with Gasteiger partial charge in [0.1, 0.15) is 5.82 Å². The standard InChI is InChI=1S/C16H24FNO/c1-11-5-4-6-14(9-11)18(3)16-8-7-13(12(2)19)10-15(16)17/h7-8,10-12,14,19H,4-6,9H2,1-3H3/t11?,12-,14?/m0/s1. The van der Waals surface area contributed by atoms with Gasteiger partial charge in [0.25, 0.3) is 0 Å². The smallest absolute Gasteiger partial charge is 0.146 e. The number of halogens is 1. The van der Waals surface area contributed by atoms with E-state index in [-0.39, 0.29) is 5.82 Å². The van der Waals surface area contributed by atoms with Gasteiger partial charge < -0.3 is 10.0 Å². The van der Waals surface area contributed by atoms with E-state index in [2.05, 4.69) is 11.8 Å². The third-order valence-electron chi connectivity index (χ3n) is 4.29. The summed E-state index contributed by atoms with van der Waals surface area (Å²) in [5, 5.41) is 9.48. The van der Waals surface area contributed by atoms with Gasteiger partial charge in [0, 0.05) is 13.1 Å². The van der Waals surface area contributed by atoms with Gasteiger partial charge in [-0.1, -0.05) is 25.8 Å². The predicted molar refractivity (Wildman–Crippen MR) is 76.9 cm³/mol. The molecule has 2 unspecified atom stereocenters. The number of nitrogens with zero attached hydrogens (tertiary/aromatic N) is 1. The Morgan fingerprint density at radius 3 is 2.68 bits per heavy atom. The van der Waals surface area contributed by atoms with Gasteiger partial charge in [-0.3, -0.25) is 0 Å². The number of hydrogen-bond donors (Lipinski definition) is 1. The van der Waals surface area contributed by atoms with E-state index in [1.165, 1.54) is 18.9 Å². The van der Waals surface area contributed by atoms with Crippen LogP contribution in [0.3, 0.4) is 0 Å². The molecule has 2 rings (SSSR count). The van der Waals surface area contributed by atoms with Crippen LogP contribution in [0.15, 0.2) is 18.2 Å². The van der Waals surface area contributed by atoms with E-state index in [1.807, 2.05) is 13.1 Å². The highest BCUT2D eigenvalue weighted by atomic mass is 19.1. The second kappa shape index (κ2) is 5.91. The summed E-state index contributed by atoms with van der Waals surface area (Å²) in [6.45, 7) is 3.92. The molecule has 19 heavy (non-hydrogen) atoms. The Balaban J connectivity index is 2.16. The second-order valence-corrected chi connectivity index (χ2v) is 5.92. The lowest BCUT2D eigenvalue weighted by Crippen LogP contribution is -2.36. The molecule has 0 bridgehead atoms. The van der Waals surface area contributed by atoms with Crippen LogP contribution in [0.4, 0.5) is 10.1 Å². The molecule has 1 aliphatic carbocycles. The molecule has 0 aliphatic heterocycles. The molecule has 0 saturated heterocycles. The molecule has 0 amide bonds. The zero-order chi connectivity index (χ0) is 14.0. The highest BCUT2D eigenvalue weighted by Gasteiger charge is 2.24. The zero-order valence-corrected chi connectivity index (χ0v) is 12.1. The number of aliphatic hydroxyl groups is 1. The van der Waals surface area contributed by atoms with Crippen LogP contribution in [0, 0.1) is 11.7 Å². The molecule has 1 fully saturated rings. The molecule has 2 nitrogen and oxygen atoms in total. The maximum Gasteiger partial charge on any atom is 0.146 e. The van der Waals surface area contributed by atoms with Crippen LogP contribution in [-0.4, -0.2) is 18.2 Å². The van der Waals surface area contributed by atoms with E-state index in [1.54, 1.807) is 13.0 Å². The fourth-order valence-corrected chi connectivity index (χ4v) is 3.02. The van der Waals surface area contributed by atoms with Crippen molar-refractivity contribution >= 4 is 5.69 Å². The maximum absolute atomic E-state index is 14.2. The quantitative estimate of drug-likeness (QED) is 0.896. The first-order chi connectivity index (χ1) is 8.99. The van der Waals surface area contributed by atoms with Gasteiger partial charge in [-0.05, 0) is 43.4 Å². The van der Waals surface area contributed by atoms with Crippen molar-refractivity contribution in [2.45, 2.75) is 51.7 Å². The van der Waals surface area contributed by atoms with Gasteiger partial charge in [-0.15, -0.1) is 0 Å². The minimum absolute atomic E-state index is 0.237. The van der Waals surface area contributed by atoms with E-state index in [4.69, 9.17) is 0 Å². The predicted octanol–water partition coefficient (Wildman–Crippen LogP) is 3.89. The topological polar surface area (TPSA) is 23.5 Å². The van der Waals surface area contributed by atoms with Crippen molar-refractivity contribution in [3.05, 3.63) is 29.6 Å². The molecule has 1 saturated carbocycles. The van der Waals surface area contributed by atoms with Gasteiger partial charge in [0.2, 0.25) is 0 Å². The lowest BCUT2D eigenvalue weighted by molar-refractivity contribution is 0.199. The van der Waals surface area contributed by atoms with Crippen LogP contribution in [-0.2, 0) is 0 Å². The van der Waals surface area contributed by atoms with Gasteiger partial charge >= 0.3 is 0 Å². The number of rotatable bonds is 3. The molecule has 0 heterocycles. The first-order valence-corrected chi connectivity index (χ1v) is 7.19. The minimum atomic E-state index is -0.622. The summed E-state index contributed by atoms with van der Waals surface area (Å²) in [4.78, 5) is 2.07. The molecule has 0 spiro atoms. The fraction of sp³-hybridized carbons (Fsp3) is 0.625. The van der Waals surface area contributed by atoms with Crippen LogP contribution in [0.2, 0.25) is 0 Å². The van der Waals surface area contributed by atoms with Gasteiger partial charge in [0.05, 0.1) is 11.8 Å². The second-order valence-electron chi connectivity index (χ2n) is 5.92. The Hall–Kier alpha value is -1.09. The summed E-state index contributed by atoms with van der Waals surface area (Å²) in [5.74, 6) is 0.486. The summed E-state index contributed by atoms with van der Waals surface area (Å²) in [6, 6.07) is 5.47. The van der Waals surface area contributed by atoms with Gasteiger partial charge in [-0.2, -0.15) is 0 Å². The molecule has 0 radical (unpaired) electrons. The highest BCUT2D eigenvalue weighted by molar-refractivity contribution is 5.49. The molecule has 1 aromatic rings. The minimum Gasteiger partial charge on any atom is -0.389 e. The number of aliphatic hydroxyl groups excluding tert-OH is 1. The van der Waals surface area contributed by atoms with E-state index in [0.29, 0.717) is 17.3 Å². The van der Waals surface area contributed by atoms with Crippen LogP contribution in [0.25, 0.3) is 0 Å². The number of anilines is 1. The third-order valence-corrected chi connectivity index (χ3v) is 4.29. The van der Waals surface area contributed by atoms with Crippen LogP contribution in [0.5, 0.6) is 0 Å². The molecular formula is C16H24FNO. The average Bonchev–Trinajstić information content (AvgIpc) is 2.37. The average molecular weight is 265 g/mol. The first kappa shape index (κ1) is 14.3. The fourth-order valence-electron chi connectivity index (χ4n) is 3.02. The summed E-state index contributed by atoms with van der Waals surface area (Å²) >= 11 is 0. The molecule has 3 heteroatoms.